The first-order chi connectivity index (χ1) is 16.0. The summed E-state index contributed by atoms with van der Waals surface area (Å²) in [6.07, 6.45) is 8.35. The molecule has 0 unspecified atom stereocenters. The van der Waals surface area contributed by atoms with Crippen LogP contribution in [0.5, 0.6) is 5.75 Å². The number of amides is 1. The summed E-state index contributed by atoms with van der Waals surface area (Å²) in [4.78, 5) is 19.6. The minimum atomic E-state index is -0.350. The summed E-state index contributed by atoms with van der Waals surface area (Å²) in [5, 5.41) is 2.92. The molecule has 3 aliphatic rings. The van der Waals surface area contributed by atoms with Gasteiger partial charge in [0.1, 0.15) is 5.75 Å². The molecule has 0 saturated carbocycles. The number of morpholine rings is 1. The zero-order valence-electron chi connectivity index (χ0n) is 20.8. The molecule has 2 atom stereocenters. The van der Waals surface area contributed by atoms with Gasteiger partial charge in [0.25, 0.3) is 0 Å². The molecule has 7 nitrogen and oxygen atoms in total. The van der Waals surface area contributed by atoms with Gasteiger partial charge in [-0.25, -0.2) is 4.79 Å². The van der Waals surface area contributed by atoms with Crippen LogP contribution in [0.15, 0.2) is 18.2 Å². The van der Waals surface area contributed by atoms with Crippen LogP contribution in [0.25, 0.3) is 0 Å². The van der Waals surface area contributed by atoms with Crippen LogP contribution in [0.4, 0.5) is 10.5 Å². The lowest BCUT2D eigenvalue weighted by atomic mass is 9.81. The Kier molecular flexibility index (Phi) is 8.15. The quantitative estimate of drug-likeness (QED) is 0.538. The van der Waals surface area contributed by atoms with Gasteiger partial charge in [0.05, 0.1) is 19.4 Å². The molecule has 0 bridgehead atoms. The second-order valence-corrected chi connectivity index (χ2v) is 10.2. The molecule has 3 aliphatic heterocycles. The van der Waals surface area contributed by atoms with Crippen molar-refractivity contribution in [2.45, 2.75) is 63.5 Å². The van der Waals surface area contributed by atoms with Crippen LogP contribution < -0.4 is 15.0 Å². The van der Waals surface area contributed by atoms with Gasteiger partial charge >= 0.3 is 6.09 Å². The summed E-state index contributed by atoms with van der Waals surface area (Å²) in [5.74, 6) is 0.636. The van der Waals surface area contributed by atoms with Crippen LogP contribution >= 0.6 is 0 Å². The zero-order chi connectivity index (χ0) is 23.3. The first-order valence-corrected chi connectivity index (χ1v) is 12.8. The number of carbonyl (C=O) groups excluding carboxylic acids is 1. The van der Waals surface area contributed by atoms with Gasteiger partial charge in [-0.2, -0.15) is 0 Å². The highest BCUT2D eigenvalue weighted by Gasteiger charge is 2.52. The molecule has 2 saturated heterocycles. The van der Waals surface area contributed by atoms with Crippen LogP contribution in [0, 0.1) is 0 Å². The summed E-state index contributed by atoms with van der Waals surface area (Å²) in [5.41, 5.74) is 2.61. The summed E-state index contributed by atoms with van der Waals surface area (Å²) in [7, 11) is 4.35. The van der Waals surface area contributed by atoms with E-state index >= 15 is 0 Å². The first kappa shape index (κ1) is 24.3. The van der Waals surface area contributed by atoms with E-state index in [1.165, 1.54) is 43.5 Å². The van der Waals surface area contributed by atoms with Crippen LogP contribution in [0.1, 0.15) is 57.4 Å². The van der Waals surface area contributed by atoms with Gasteiger partial charge in [0.2, 0.25) is 0 Å². The van der Waals surface area contributed by atoms with Crippen molar-refractivity contribution in [2.24, 2.45) is 0 Å². The number of anilines is 1. The van der Waals surface area contributed by atoms with Gasteiger partial charge in [-0.15, -0.1) is 0 Å². The zero-order valence-corrected chi connectivity index (χ0v) is 20.8. The maximum Gasteiger partial charge on any atom is 0.412 e. The number of hydrogen-bond acceptors (Lipinski definition) is 6. The minimum Gasteiger partial charge on any atom is -0.410 e. The highest BCUT2D eigenvalue weighted by molar-refractivity contribution is 5.72. The number of benzene rings is 1. The van der Waals surface area contributed by atoms with E-state index in [2.05, 4.69) is 53.2 Å². The molecular formula is C26H42N4O3. The Hall–Kier alpha value is -1.83. The summed E-state index contributed by atoms with van der Waals surface area (Å²) in [6.45, 7) is 9.23. The smallest absolute Gasteiger partial charge is 0.410 e. The lowest BCUT2D eigenvalue weighted by molar-refractivity contribution is 0.0371. The second kappa shape index (κ2) is 11.1. The lowest BCUT2D eigenvalue weighted by Crippen LogP contribution is -2.45. The minimum absolute atomic E-state index is 0.0802. The number of hydrogen-bond donors (Lipinski definition) is 1. The second-order valence-electron chi connectivity index (χ2n) is 10.2. The number of nitrogens with zero attached hydrogens (tertiary/aromatic N) is 3. The van der Waals surface area contributed by atoms with E-state index < -0.39 is 0 Å². The molecule has 3 heterocycles. The third-order valence-electron chi connectivity index (χ3n) is 7.79. The number of ether oxygens (including phenoxy) is 2. The fourth-order valence-corrected chi connectivity index (χ4v) is 5.94. The Morgan fingerprint density at radius 3 is 2.61 bits per heavy atom. The van der Waals surface area contributed by atoms with Gasteiger partial charge in [0.15, 0.2) is 0 Å². The number of unbranched alkanes of at least 4 members (excludes halogenated alkanes) is 5. The molecule has 0 spiro atoms. The van der Waals surface area contributed by atoms with E-state index in [9.17, 15) is 4.79 Å². The number of likely N-dealkylation sites (tertiary alicyclic amines) is 1. The van der Waals surface area contributed by atoms with E-state index in [1.54, 1.807) is 0 Å². The van der Waals surface area contributed by atoms with Crippen LogP contribution in [-0.4, -0.2) is 82.1 Å². The SMILES string of the molecule is CN1CC[C@]2(C)c3cc(OC(=O)NCCCCCCCCN4CCOCC4)ccc3N(C)[C@H]12. The van der Waals surface area contributed by atoms with Gasteiger partial charge in [-0.1, -0.05) is 32.6 Å². The van der Waals surface area contributed by atoms with E-state index in [0.29, 0.717) is 18.5 Å². The average Bonchev–Trinajstić information content (AvgIpc) is 3.24. The average molecular weight is 459 g/mol. The number of carbonyl (C=O) groups is 1. The Bertz CT molecular complexity index is 798. The predicted molar refractivity (Wildman–Crippen MR) is 132 cm³/mol. The van der Waals surface area contributed by atoms with Crippen molar-refractivity contribution >= 4 is 11.8 Å². The lowest BCUT2D eigenvalue weighted by Gasteiger charge is -2.32. The fourth-order valence-electron chi connectivity index (χ4n) is 5.94. The number of fused-ring (bicyclic) bond motifs is 3. The topological polar surface area (TPSA) is 57.3 Å². The Morgan fingerprint density at radius 2 is 1.82 bits per heavy atom. The van der Waals surface area contributed by atoms with E-state index in [-0.39, 0.29) is 11.5 Å². The molecule has 1 aromatic rings. The molecule has 1 aromatic carbocycles. The summed E-state index contributed by atoms with van der Waals surface area (Å²) >= 11 is 0. The molecule has 184 valence electrons. The predicted octanol–water partition coefficient (Wildman–Crippen LogP) is 3.82. The van der Waals surface area contributed by atoms with Crippen molar-refractivity contribution < 1.29 is 14.3 Å². The Morgan fingerprint density at radius 1 is 1.09 bits per heavy atom. The molecule has 1 N–H and O–H groups in total. The van der Waals surface area contributed by atoms with E-state index in [4.69, 9.17) is 9.47 Å². The standard InChI is InChI=1S/C26H42N4O3/c1-26-12-15-28(2)24(26)29(3)23-11-10-21(20-22(23)26)33-25(31)27-13-8-6-4-5-7-9-14-30-16-18-32-19-17-30/h10-11,20,24H,4-9,12-19H2,1-3H3,(H,27,31)/t24-,26+/m0/s1. The van der Waals surface area contributed by atoms with Crippen molar-refractivity contribution in [1.29, 1.82) is 0 Å². The van der Waals surface area contributed by atoms with Gasteiger partial charge in [0, 0.05) is 44.3 Å². The van der Waals surface area contributed by atoms with Gasteiger partial charge in [-0.05, 0) is 56.6 Å². The summed E-state index contributed by atoms with van der Waals surface area (Å²) in [6, 6.07) is 6.08. The molecule has 0 radical (unpaired) electrons. The van der Waals surface area contributed by atoms with Gasteiger partial charge < -0.3 is 19.7 Å². The molecule has 7 heteroatoms. The maximum absolute atomic E-state index is 12.3. The summed E-state index contributed by atoms with van der Waals surface area (Å²) < 4.78 is 11.0. The van der Waals surface area contributed by atoms with Crippen molar-refractivity contribution in [3.05, 3.63) is 23.8 Å². The number of likely N-dealkylation sites (N-methyl/N-ethyl adjacent to an activating group) is 2. The molecule has 1 amide bonds. The van der Waals surface area contributed by atoms with Crippen LogP contribution in [0.2, 0.25) is 0 Å². The molecule has 0 aliphatic carbocycles. The molecule has 0 aromatic heterocycles. The highest BCUT2D eigenvalue weighted by atomic mass is 16.6. The molecule has 33 heavy (non-hydrogen) atoms. The monoisotopic (exact) mass is 458 g/mol. The molecule has 4 rings (SSSR count). The Labute approximate surface area is 199 Å². The fraction of sp³-hybridized carbons (Fsp3) is 0.731. The largest absolute Gasteiger partial charge is 0.412 e. The van der Waals surface area contributed by atoms with E-state index in [0.717, 1.165) is 52.1 Å². The van der Waals surface area contributed by atoms with Crippen molar-refractivity contribution in [2.75, 3.05) is 64.9 Å². The maximum atomic E-state index is 12.3. The van der Waals surface area contributed by atoms with Gasteiger partial charge in [-0.3, -0.25) is 9.80 Å². The Balaban J connectivity index is 1.11. The van der Waals surface area contributed by atoms with Crippen molar-refractivity contribution in [3.8, 4) is 5.75 Å². The third kappa shape index (κ3) is 5.64. The number of rotatable bonds is 10. The highest BCUT2D eigenvalue weighted by Crippen LogP contribution is 2.51. The molecule has 2 fully saturated rings. The van der Waals surface area contributed by atoms with Crippen molar-refractivity contribution in [1.82, 2.24) is 15.1 Å². The normalized spacial score (nSPS) is 25.2. The molecular weight excluding hydrogens is 416 g/mol. The van der Waals surface area contributed by atoms with E-state index in [1.807, 2.05) is 6.07 Å². The van der Waals surface area contributed by atoms with Crippen LogP contribution in [-0.2, 0) is 10.2 Å². The first-order valence-electron chi connectivity index (χ1n) is 12.8. The number of nitrogens with one attached hydrogen (secondary N) is 1. The third-order valence-corrected chi connectivity index (χ3v) is 7.79. The van der Waals surface area contributed by atoms with Crippen molar-refractivity contribution in [3.63, 3.8) is 0 Å². The van der Waals surface area contributed by atoms with Crippen LogP contribution in [0.3, 0.4) is 0 Å².